The second-order valence-corrected chi connectivity index (χ2v) is 7.64. The van der Waals surface area contributed by atoms with Crippen LogP contribution in [0.1, 0.15) is 17.0 Å². The van der Waals surface area contributed by atoms with Crippen molar-refractivity contribution in [3.63, 3.8) is 0 Å². The summed E-state index contributed by atoms with van der Waals surface area (Å²) in [5.41, 5.74) is 2.34. The van der Waals surface area contributed by atoms with Gasteiger partial charge in [-0.15, -0.1) is 0 Å². The molecule has 0 unspecified atom stereocenters. The quantitative estimate of drug-likeness (QED) is 0.790. The second-order valence-electron chi connectivity index (χ2n) is 6.04. The molecule has 0 amide bonds. The molecule has 0 N–H and O–H groups in total. The van der Waals surface area contributed by atoms with Gasteiger partial charge in [0.1, 0.15) is 0 Å². The number of nitrogens with zero attached hydrogens (tertiary/aromatic N) is 1. The zero-order valence-electron chi connectivity index (χ0n) is 13.1. The molecule has 2 aromatic carbocycles. The van der Waals surface area contributed by atoms with Crippen LogP contribution in [0, 0.1) is 0 Å². The summed E-state index contributed by atoms with van der Waals surface area (Å²) in [6.07, 6.45) is 0.783. The SMILES string of the molecule is CS(=O)(=O)O[C@@H]1CN(Cc2ccccc2)C[C@H]1c1ccccc1. The summed E-state index contributed by atoms with van der Waals surface area (Å²) in [6.45, 7) is 2.20. The molecule has 1 heterocycles. The molecule has 1 aliphatic rings. The monoisotopic (exact) mass is 331 g/mol. The van der Waals surface area contributed by atoms with Gasteiger partial charge in [0.2, 0.25) is 0 Å². The van der Waals surface area contributed by atoms with Crippen LogP contribution >= 0.6 is 0 Å². The minimum atomic E-state index is -3.47. The summed E-state index contributed by atoms with van der Waals surface area (Å²) in [5.74, 6) is 0.0645. The number of hydrogen-bond donors (Lipinski definition) is 0. The molecule has 0 aromatic heterocycles. The van der Waals surface area contributed by atoms with Crippen LogP contribution in [0.4, 0.5) is 0 Å². The lowest BCUT2D eigenvalue weighted by atomic mass is 9.96. The Morgan fingerprint density at radius 1 is 1.00 bits per heavy atom. The lowest BCUT2D eigenvalue weighted by Gasteiger charge is -2.17. The van der Waals surface area contributed by atoms with Gasteiger partial charge in [-0.25, -0.2) is 0 Å². The first-order valence-electron chi connectivity index (χ1n) is 7.71. The third kappa shape index (κ3) is 4.41. The largest absolute Gasteiger partial charge is 0.296 e. The molecular weight excluding hydrogens is 310 g/mol. The van der Waals surface area contributed by atoms with Gasteiger partial charge in [-0.1, -0.05) is 60.7 Å². The summed E-state index contributed by atoms with van der Waals surface area (Å²) >= 11 is 0. The van der Waals surface area contributed by atoms with Crippen LogP contribution in [0.2, 0.25) is 0 Å². The maximum atomic E-state index is 11.6. The van der Waals surface area contributed by atoms with Crippen LogP contribution in [-0.4, -0.2) is 38.8 Å². The average Bonchev–Trinajstić information content (AvgIpc) is 2.89. The average molecular weight is 331 g/mol. The Balaban J connectivity index is 1.78. The van der Waals surface area contributed by atoms with Gasteiger partial charge < -0.3 is 0 Å². The smallest absolute Gasteiger partial charge is 0.264 e. The van der Waals surface area contributed by atoms with Crippen molar-refractivity contribution in [2.75, 3.05) is 19.3 Å². The molecule has 2 atom stereocenters. The van der Waals surface area contributed by atoms with E-state index in [2.05, 4.69) is 17.0 Å². The molecule has 0 spiro atoms. The Morgan fingerprint density at radius 2 is 1.61 bits per heavy atom. The summed E-state index contributed by atoms with van der Waals surface area (Å²) in [4.78, 5) is 2.25. The van der Waals surface area contributed by atoms with Crippen molar-refractivity contribution in [1.82, 2.24) is 4.90 Å². The van der Waals surface area contributed by atoms with Crippen LogP contribution in [0.3, 0.4) is 0 Å². The van der Waals surface area contributed by atoms with Gasteiger partial charge in [0.05, 0.1) is 12.4 Å². The van der Waals surface area contributed by atoms with E-state index >= 15 is 0 Å². The molecule has 0 saturated carbocycles. The number of benzene rings is 2. The van der Waals surface area contributed by atoms with E-state index in [4.69, 9.17) is 4.18 Å². The van der Waals surface area contributed by atoms with E-state index in [9.17, 15) is 8.42 Å². The van der Waals surface area contributed by atoms with E-state index in [0.717, 1.165) is 24.9 Å². The zero-order chi connectivity index (χ0) is 16.3. The first-order chi connectivity index (χ1) is 11.0. The third-order valence-electron chi connectivity index (χ3n) is 4.12. The molecule has 1 aliphatic heterocycles. The summed E-state index contributed by atoms with van der Waals surface area (Å²) in [7, 11) is -3.47. The van der Waals surface area contributed by atoms with Crippen LogP contribution in [0.25, 0.3) is 0 Å². The first-order valence-corrected chi connectivity index (χ1v) is 9.52. The number of rotatable bonds is 5. The predicted octanol–water partition coefficient (Wildman–Crippen LogP) is 2.63. The van der Waals surface area contributed by atoms with E-state index in [0.29, 0.717) is 6.54 Å². The van der Waals surface area contributed by atoms with E-state index < -0.39 is 10.1 Å². The molecule has 1 saturated heterocycles. The molecule has 0 bridgehead atoms. The maximum absolute atomic E-state index is 11.6. The number of hydrogen-bond acceptors (Lipinski definition) is 4. The van der Waals surface area contributed by atoms with Gasteiger partial charge in [-0.2, -0.15) is 8.42 Å². The summed E-state index contributed by atoms with van der Waals surface area (Å²) in [5, 5.41) is 0. The van der Waals surface area contributed by atoms with Crippen molar-refractivity contribution < 1.29 is 12.6 Å². The van der Waals surface area contributed by atoms with Crippen molar-refractivity contribution in [2.24, 2.45) is 0 Å². The van der Waals surface area contributed by atoms with Crippen molar-refractivity contribution in [3.05, 3.63) is 71.8 Å². The predicted molar refractivity (Wildman–Crippen MR) is 90.6 cm³/mol. The van der Waals surface area contributed by atoms with Crippen LogP contribution in [0.5, 0.6) is 0 Å². The Bertz CT molecular complexity index is 731. The van der Waals surface area contributed by atoms with Gasteiger partial charge in [-0.05, 0) is 11.1 Å². The zero-order valence-corrected chi connectivity index (χ0v) is 13.9. The Kier molecular flexibility index (Phi) is 4.80. The highest BCUT2D eigenvalue weighted by atomic mass is 32.2. The van der Waals surface area contributed by atoms with E-state index in [1.807, 2.05) is 48.5 Å². The molecule has 3 rings (SSSR count). The lowest BCUT2D eigenvalue weighted by molar-refractivity contribution is 0.197. The topological polar surface area (TPSA) is 46.6 Å². The fraction of sp³-hybridized carbons (Fsp3) is 0.333. The normalized spacial score (nSPS) is 22.3. The summed E-state index contributed by atoms with van der Waals surface area (Å²) in [6, 6.07) is 20.2. The molecule has 23 heavy (non-hydrogen) atoms. The fourth-order valence-electron chi connectivity index (χ4n) is 3.17. The van der Waals surface area contributed by atoms with Crippen molar-refractivity contribution in [3.8, 4) is 0 Å². The Morgan fingerprint density at radius 3 is 2.22 bits per heavy atom. The molecular formula is C18H21NO3S. The van der Waals surface area contributed by atoms with Crippen LogP contribution in [-0.2, 0) is 20.8 Å². The van der Waals surface area contributed by atoms with Gasteiger partial charge in [0.15, 0.2) is 0 Å². The van der Waals surface area contributed by atoms with Crippen LogP contribution in [0.15, 0.2) is 60.7 Å². The van der Waals surface area contributed by atoms with E-state index in [1.165, 1.54) is 5.56 Å². The highest BCUT2D eigenvalue weighted by Gasteiger charge is 2.36. The Labute approximate surface area is 137 Å². The first kappa shape index (κ1) is 16.2. The van der Waals surface area contributed by atoms with Crippen molar-refractivity contribution in [1.29, 1.82) is 0 Å². The van der Waals surface area contributed by atoms with Gasteiger partial charge in [-0.3, -0.25) is 9.08 Å². The second kappa shape index (κ2) is 6.83. The highest BCUT2D eigenvalue weighted by molar-refractivity contribution is 7.86. The third-order valence-corrected chi connectivity index (χ3v) is 4.71. The minimum Gasteiger partial charge on any atom is -0.296 e. The van der Waals surface area contributed by atoms with E-state index in [1.54, 1.807) is 0 Å². The standard InChI is InChI=1S/C18H21NO3S/c1-23(20,21)22-18-14-19(12-15-8-4-2-5-9-15)13-17(18)16-10-6-3-7-11-16/h2-11,17-18H,12-14H2,1H3/t17-,18+/m0/s1. The molecule has 0 radical (unpaired) electrons. The van der Waals surface area contributed by atoms with Crippen molar-refractivity contribution >= 4 is 10.1 Å². The van der Waals surface area contributed by atoms with E-state index in [-0.39, 0.29) is 12.0 Å². The fourth-order valence-corrected chi connectivity index (χ4v) is 3.81. The van der Waals surface area contributed by atoms with Gasteiger partial charge in [0.25, 0.3) is 10.1 Å². The molecule has 122 valence electrons. The highest BCUT2D eigenvalue weighted by Crippen LogP contribution is 2.31. The van der Waals surface area contributed by atoms with Gasteiger partial charge in [0, 0.05) is 25.6 Å². The minimum absolute atomic E-state index is 0.0645. The molecule has 1 fully saturated rings. The van der Waals surface area contributed by atoms with Crippen molar-refractivity contribution in [2.45, 2.75) is 18.6 Å². The maximum Gasteiger partial charge on any atom is 0.264 e. The van der Waals surface area contributed by atoms with Crippen LogP contribution < -0.4 is 0 Å². The Hall–Kier alpha value is -1.69. The molecule has 0 aliphatic carbocycles. The van der Waals surface area contributed by atoms with Gasteiger partial charge >= 0.3 is 0 Å². The summed E-state index contributed by atoms with van der Waals surface area (Å²) < 4.78 is 28.5. The lowest BCUT2D eigenvalue weighted by Crippen LogP contribution is -2.25. The number of likely N-dealkylation sites (tertiary alicyclic amines) is 1. The molecule has 2 aromatic rings. The molecule has 5 heteroatoms. The molecule has 4 nitrogen and oxygen atoms in total.